The van der Waals surface area contributed by atoms with Crippen LogP contribution in [0, 0.1) is 0 Å². The minimum absolute atomic E-state index is 0.615. The number of nitrogens with zero attached hydrogens (tertiary/aromatic N) is 1. The highest BCUT2D eigenvalue weighted by Crippen LogP contribution is 2.32. The molecule has 0 fully saturated rings. The van der Waals surface area contributed by atoms with Crippen LogP contribution in [0.5, 0.6) is 0 Å². The molecular formula is C13H14N3OS+. The number of hydrogen-bond acceptors (Lipinski definition) is 3. The zero-order valence-electron chi connectivity index (χ0n) is 9.96. The van der Waals surface area contributed by atoms with E-state index in [2.05, 4.69) is 23.1 Å². The maximum Gasteiger partial charge on any atom is 0.225 e. The van der Waals surface area contributed by atoms with Crippen LogP contribution in [0.25, 0.3) is 0 Å². The highest BCUT2D eigenvalue weighted by molar-refractivity contribution is 7.99. The van der Waals surface area contributed by atoms with E-state index in [1.165, 1.54) is 0 Å². The summed E-state index contributed by atoms with van der Waals surface area (Å²) in [4.78, 5) is 12.5. The Labute approximate surface area is 110 Å². The molecule has 2 aromatic rings. The number of carbonyl (C=O) groups excluding carboxylic acids is 1. The van der Waals surface area contributed by atoms with Gasteiger partial charge in [-0.2, -0.15) is 0 Å². The molecule has 0 spiro atoms. The minimum atomic E-state index is 0.615. The van der Waals surface area contributed by atoms with E-state index >= 15 is 0 Å². The number of nitrogens with one attached hydrogen (secondary N) is 2. The number of anilines is 1. The van der Waals surface area contributed by atoms with Crippen LogP contribution < -0.4 is 15.4 Å². The number of hydrazine groups is 1. The molecule has 0 unspecified atom stereocenters. The Morgan fingerprint density at radius 3 is 2.83 bits per heavy atom. The third-order valence-corrected chi connectivity index (χ3v) is 3.35. The van der Waals surface area contributed by atoms with Gasteiger partial charge in [-0.05, 0) is 18.2 Å². The second-order valence-corrected chi connectivity index (χ2v) is 4.81. The third-order valence-electron chi connectivity index (χ3n) is 2.29. The number of para-hydroxylation sites is 1. The average Bonchev–Trinajstić information content (AvgIpc) is 2.38. The Kier molecular flexibility index (Phi) is 4.20. The van der Waals surface area contributed by atoms with Gasteiger partial charge in [-0.25, -0.2) is 4.57 Å². The van der Waals surface area contributed by atoms with E-state index in [1.807, 2.05) is 48.1 Å². The summed E-state index contributed by atoms with van der Waals surface area (Å²) in [6, 6.07) is 11.9. The molecule has 0 saturated carbocycles. The Bertz CT molecular complexity index is 545. The number of pyridine rings is 1. The van der Waals surface area contributed by atoms with Crippen molar-refractivity contribution in [1.29, 1.82) is 0 Å². The van der Waals surface area contributed by atoms with Crippen molar-refractivity contribution in [2.75, 3.05) is 5.43 Å². The normalized spacial score (nSPS) is 9.83. The van der Waals surface area contributed by atoms with Crippen molar-refractivity contribution in [3.8, 4) is 0 Å². The minimum Gasteiger partial charge on any atom is -0.298 e. The summed E-state index contributed by atoms with van der Waals surface area (Å²) in [6.07, 6.45) is 4.65. The lowest BCUT2D eigenvalue weighted by atomic mass is 10.3. The summed E-state index contributed by atoms with van der Waals surface area (Å²) < 4.78 is 2.00. The molecule has 1 amide bonds. The molecule has 92 valence electrons. The molecule has 0 radical (unpaired) electrons. The molecule has 0 saturated heterocycles. The fourth-order valence-electron chi connectivity index (χ4n) is 1.51. The maximum absolute atomic E-state index is 10.3. The Balaban J connectivity index is 2.20. The summed E-state index contributed by atoms with van der Waals surface area (Å²) in [6.45, 7) is 0. The lowest BCUT2D eigenvalue weighted by molar-refractivity contribution is -0.673. The van der Waals surface area contributed by atoms with Crippen LogP contribution in [0.4, 0.5) is 5.69 Å². The Morgan fingerprint density at radius 1 is 1.22 bits per heavy atom. The van der Waals surface area contributed by atoms with Crippen LogP contribution in [0.2, 0.25) is 0 Å². The van der Waals surface area contributed by atoms with Crippen molar-refractivity contribution >= 4 is 23.9 Å². The van der Waals surface area contributed by atoms with Crippen LogP contribution in [0.1, 0.15) is 0 Å². The number of aryl methyl sites for hydroxylation is 1. The smallest absolute Gasteiger partial charge is 0.225 e. The van der Waals surface area contributed by atoms with E-state index in [1.54, 1.807) is 11.8 Å². The van der Waals surface area contributed by atoms with Gasteiger partial charge in [0.2, 0.25) is 6.41 Å². The molecule has 2 rings (SSSR count). The molecule has 2 N–H and O–H groups in total. The van der Waals surface area contributed by atoms with Crippen molar-refractivity contribution in [3.05, 3.63) is 48.8 Å². The maximum atomic E-state index is 10.3. The van der Waals surface area contributed by atoms with Gasteiger partial charge in [-0.3, -0.25) is 15.6 Å². The molecular weight excluding hydrogens is 246 g/mol. The van der Waals surface area contributed by atoms with Crippen LogP contribution >= 0.6 is 11.8 Å². The Morgan fingerprint density at radius 2 is 2.06 bits per heavy atom. The van der Waals surface area contributed by atoms with Crippen molar-refractivity contribution < 1.29 is 9.36 Å². The summed E-state index contributed by atoms with van der Waals surface area (Å²) in [5.41, 5.74) is 6.18. The molecule has 1 aromatic heterocycles. The highest BCUT2D eigenvalue weighted by Gasteiger charge is 2.05. The quantitative estimate of drug-likeness (QED) is 0.489. The van der Waals surface area contributed by atoms with E-state index in [0.29, 0.717) is 6.41 Å². The molecule has 1 aromatic carbocycles. The van der Waals surface area contributed by atoms with Gasteiger partial charge in [-0.15, -0.1) is 0 Å². The Hall–Kier alpha value is -2.01. The summed E-state index contributed by atoms with van der Waals surface area (Å²) >= 11 is 1.64. The fraction of sp³-hybridized carbons (Fsp3) is 0.0769. The van der Waals surface area contributed by atoms with Crippen molar-refractivity contribution in [2.24, 2.45) is 7.05 Å². The van der Waals surface area contributed by atoms with E-state index in [0.717, 1.165) is 15.5 Å². The standard InChI is InChI=1S/C13H13N3OS/c1-16-8-4-5-11(9-16)18-13-7-3-2-6-12(13)15-14-10-17/h2-10,15H,1H3/p+1. The first-order valence-corrected chi connectivity index (χ1v) is 6.28. The van der Waals surface area contributed by atoms with Gasteiger partial charge in [-0.1, -0.05) is 23.9 Å². The molecule has 0 atom stereocenters. The second kappa shape index (κ2) is 6.07. The largest absolute Gasteiger partial charge is 0.298 e. The third kappa shape index (κ3) is 3.24. The number of carbonyl (C=O) groups is 1. The highest BCUT2D eigenvalue weighted by atomic mass is 32.2. The van der Waals surface area contributed by atoms with Gasteiger partial charge in [0.05, 0.1) is 10.6 Å². The number of benzene rings is 1. The van der Waals surface area contributed by atoms with Gasteiger partial charge in [0.1, 0.15) is 7.05 Å². The van der Waals surface area contributed by atoms with Gasteiger partial charge < -0.3 is 0 Å². The van der Waals surface area contributed by atoms with E-state index in [-0.39, 0.29) is 0 Å². The zero-order chi connectivity index (χ0) is 12.8. The number of aromatic nitrogens is 1. The molecule has 0 aliphatic carbocycles. The van der Waals surface area contributed by atoms with Crippen molar-refractivity contribution in [3.63, 3.8) is 0 Å². The zero-order valence-corrected chi connectivity index (χ0v) is 10.8. The van der Waals surface area contributed by atoms with Gasteiger partial charge in [0.15, 0.2) is 12.4 Å². The molecule has 4 nitrogen and oxygen atoms in total. The van der Waals surface area contributed by atoms with E-state index < -0.39 is 0 Å². The lowest BCUT2D eigenvalue weighted by Crippen LogP contribution is -2.26. The second-order valence-electron chi connectivity index (χ2n) is 3.69. The number of amides is 1. The van der Waals surface area contributed by atoms with Crippen molar-refractivity contribution in [2.45, 2.75) is 9.79 Å². The molecule has 18 heavy (non-hydrogen) atoms. The van der Waals surface area contributed by atoms with Gasteiger partial charge in [0, 0.05) is 11.0 Å². The fourth-order valence-corrected chi connectivity index (χ4v) is 2.51. The molecule has 1 heterocycles. The van der Waals surface area contributed by atoms with Gasteiger partial charge in [0.25, 0.3) is 0 Å². The molecule has 0 aliphatic heterocycles. The SMILES string of the molecule is C[n+]1cccc(Sc2ccccc2NNC=O)c1. The number of hydrogen-bond donors (Lipinski definition) is 2. The molecule has 5 heteroatoms. The van der Waals surface area contributed by atoms with Crippen molar-refractivity contribution in [1.82, 2.24) is 5.43 Å². The summed E-state index contributed by atoms with van der Waals surface area (Å²) in [5.74, 6) is 0. The number of rotatable bonds is 5. The monoisotopic (exact) mass is 260 g/mol. The average molecular weight is 260 g/mol. The van der Waals surface area contributed by atoms with E-state index in [4.69, 9.17) is 0 Å². The topological polar surface area (TPSA) is 45.0 Å². The van der Waals surface area contributed by atoms with Crippen LogP contribution in [-0.4, -0.2) is 6.41 Å². The van der Waals surface area contributed by atoms with Crippen LogP contribution in [0.3, 0.4) is 0 Å². The van der Waals surface area contributed by atoms with Crippen LogP contribution in [-0.2, 0) is 11.8 Å². The van der Waals surface area contributed by atoms with Gasteiger partial charge >= 0.3 is 0 Å². The first-order chi connectivity index (χ1) is 8.79. The predicted molar refractivity (Wildman–Crippen MR) is 71.0 cm³/mol. The lowest BCUT2D eigenvalue weighted by Gasteiger charge is -2.09. The first kappa shape index (κ1) is 12.4. The van der Waals surface area contributed by atoms with E-state index in [9.17, 15) is 4.79 Å². The first-order valence-electron chi connectivity index (χ1n) is 5.47. The predicted octanol–water partition coefficient (Wildman–Crippen LogP) is 1.74. The summed E-state index contributed by atoms with van der Waals surface area (Å²) in [5, 5.41) is 0. The van der Waals surface area contributed by atoms with Crippen LogP contribution in [0.15, 0.2) is 58.6 Å². The summed E-state index contributed by atoms with van der Waals surface area (Å²) in [7, 11) is 1.99. The molecule has 0 aliphatic rings. The molecule has 0 bridgehead atoms.